The van der Waals surface area contributed by atoms with Crippen LogP contribution < -0.4 is 5.32 Å². The van der Waals surface area contributed by atoms with Crippen LogP contribution >= 0.6 is 0 Å². The molecule has 14 heavy (non-hydrogen) atoms. The summed E-state index contributed by atoms with van der Waals surface area (Å²) in [6.45, 7) is 9.57. The van der Waals surface area contributed by atoms with E-state index in [2.05, 4.69) is 24.1 Å². The predicted molar refractivity (Wildman–Crippen MR) is 56.4 cm³/mol. The second kappa shape index (κ2) is 6.35. The minimum atomic E-state index is -0.327. The van der Waals surface area contributed by atoms with Gasteiger partial charge < -0.3 is 20.1 Å². The number of ether oxygens (including phenoxy) is 1. The van der Waals surface area contributed by atoms with Gasteiger partial charge in [-0.05, 0) is 13.1 Å². The number of likely N-dealkylation sites (N-methyl/N-ethyl adjacent to an activating group) is 1. The molecule has 2 atom stereocenters. The Kier molecular flexibility index (Phi) is 5.40. The topological polar surface area (TPSA) is 44.7 Å². The molecular weight excluding hydrogens is 180 g/mol. The Morgan fingerprint density at radius 1 is 1.36 bits per heavy atom. The van der Waals surface area contributed by atoms with Crippen LogP contribution in [0.1, 0.15) is 13.8 Å². The van der Waals surface area contributed by atoms with Crippen molar-refractivity contribution in [2.24, 2.45) is 0 Å². The number of aliphatic hydroxyl groups excluding tert-OH is 1. The lowest BCUT2D eigenvalue weighted by molar-refractivity contribution is 0.122. The first kappa shape index (κ1) is 11.9. The summed E-state index contributed by atoms with van der Waals surface area (Å²) in [6, 6.07) is 0.130. The summed E-state index contributed by atoms with van der Waals surface area (Å²) < 4.78 is 5.15. The van der Waals surface area contributed by atoms with Gasteiger partial charge in [0.1, 0.15) is 0 Å². The third-order valence-corrected chi connectivity index (χ3v) is 2.78. The molecule has 0 spiro atoms. The quantitative estimate of drug-likeness (QED) is 0.619. The maximum Gasteiger partial charge on any atom is 0.0948 e. The van der Waals surface area contributed by atoms with E-state index in [1.54, 1.807) is 0 Å². The van der Waals surface area contributed by atoms with Gasteiger partial charge in [-0.1, -0.05) is 13.8 Å². The molecule has 0 aromatic rings. The summed E-state index contributed by atoms with van der Waals surface area (Å²) in [5, 5.41) is 12.8. The van der Waals surface area contributed by atoms with Crippen molar-refractivity contribution in [1.29, 1.82) is 0 Å². The molecule has 1 rings (SSSR count). The van der Waals surface area contributed by atoms with E-state index in [1.165, 1.54) is 0 Å². The number of aliphatic hydroxyl groups is 1. The third kappa shape index (κ3) is 3.53. The molecule has 1 saturated heterocycles. The van der Waals surface area contributed by atoms with Crippen LogP contribution in [0.3, 0.4) is 0 Å². The van der Waals surface area contributed by atoms with Crippen LogP contribution in [-0.2, 0) is 4.74 Å². The second-order valence-corrected chi connectivity index (χ2v) is 3.69. The van der Waals surface area contributed by atoms with Gasteiger partial charge in [0.15, 0.2) is 0 Å². The molecule has 0 saturated carbocycles. The maximum absolute atomic E-state index is 9.47. The molecule has 1 aliphatic heterocycles. The molecule has 4 heteroatoms. The molecule has 2 unspecified atom stereocenters. The van der Waals surface area contributed by atoms with Crippen LogP contribution in [0, 0.1) is 0 Å². The lowest BCUT2D eigenvalue weighted by atomic mass is 10.2. The minimum Gasteiger partial charge on any atom is -0.389 e. The number of hydrogen-bond donors (Lipinski definition) is 2. The van der Waals surface area contributed by atoms with Crippen molar-refractivity contribution >= 4 is 0 Å². The fourth-order valence-corrected chi connectivity index (χ4v) is 1.69. The second-order valence-electron chi connectivity index (χ2n) is 3.69. The Bertz CT molecular complexity index is 151. The largest absolute Gasteiger partial charge is 0.389 e. The molecule has 0 aliphatic carbocycles. The van der Waals surface area contributed by atoms with Crippen molar-refractivity contribution in [2.45, 2.75) is 26.0 Å². The van der Waals surface area contributed by atoms with Gasteiger partial charge in [0, 0.05) is 13.1 Å². The van der Waals surface area contributed by atoms with Gasteiger partial charge >= 0.3 is 0 Å². The number of nitrogens with zero attached hydrogens (tertiary/aromatic N) is 1. The third-order valence-electron chi connectivity index (χ3n) is 2.78. The van der Waals surface area contributed by atoms with Crippen LogP contribution in [0.2, 0.25) is 0 Å². The number of hydrogen-bond acceptors (Lipinski definition) is 4. The predicted octanol–water partition coefficient (Wildman–Crippen LogP) is -0.322. The summed E-state index contributed by atoms with van der Waals surface area (Å²) in [7, 11) is 0. The highest BCUT2D eigenvalue weighted by Gasteiger charge is 2.25. The molecule has 2 N–H and O–H groups in total. The monoisotopic (exact) mass is 202 g/mol. The van der Waals surface area contributed by atoms with Crippen LogP contribution in [-0.4, -0.2) is 61.5 Å². The Balaban J connectivity index is 2.08. The van der Waals surface area contributed by atoms with E-state index < -0.39 is 0 Å². The van der Waals surface area contributed by atoms with Crippen molar-refractivity contribution in [3.05, 3.63) is 0 Å². The normalized spacial score (nSPS) is 27.4. The van der Waals surface area contributed by atoms with E-state index in [1.807, 2.05) is 0 Å². The average molecular weight is 202 g/mol. The average Bonchev–Trinajstić information content (AvgIpc) is 2.59. The first-order chi connectivity index (χ1) is 6.77. The Labute approximate surface area is 86.2 Å². The van der Waals surface area contributed by atoms with Gasteiger partial charge in [-0.2, -0.15) is 0 Å². The van der Waals surface area contributed by atoms with Crippen LogP contribution in [0.5, 0.6) is 0 Å². The fourth-order valence-electron chi connectivity index (χ4n) is 1.69. The highest BCUT2D eigenvalue weighted by atomic mass is 16.5. The molecule has 4 nitrogen and oxygen atoms in total. The number of rotatable bonds is 6. The Hall–Kier alpha value is -0.160. The van der Waals surface area contributed by atoms with E-state index >= 15 is 0 Å². The number of nitrogens with one attached hydrogen (secondary N) is 1. The highest BCUT2D eigenvalue weighted by Crippen LogP contribution is 2.04. The van der Waals surface area contributed by atoms with E-state index in [0.717, 1.165) is 26.2 Å². The van der Waals surface area contributed by atoms with Crippen molar-refractivity contribution in [3.63, 3.8) is 0 Å². The van der Waals surface area contributed by atoms with Crippen molar-refractivity contribution in [1.82, 2.24) is 10.2 Å². The summed E-state index contributed by atoms with van der Waals surface area (Å²) in [6.07, 6.45) is -0.327. The Morgan fingerprint density at radius 3 is 2.57 bits per heavy atom. The minimum absolute atomic E-state index is 0.130. The van der Waals surface area contributed by atoms with Crippen molar-refractivity contribution in [3.8, 4) is 0 Å². The lowest BCUT2D eigenvalue weighted by Crippen LogP contribution is -2.42. The SMILES string of the molecule is CCN(CC)CCNC1COCC1O. The molecule has 0 aromatic carbocycles. The molecule has 0 radical (unpaired) electrons. The van der Waals surface area contributed by atoms with Gasteiger partial charge in [-0.15, -0.1) is 0 Å². The zero-order valence-electron chi connectivity index (χ0n) is 9.20. The molecule has 1 heterocycles. The van der Waals surface area contributed by atoms with E-state index in [0.29, 0.717) is 13.2 Å². The van der Waals surface area contributed by atoms with E-state index in [4.69, 9.17) is 4.74 Å². The zero-order chi connectivity index (χ0) is 10.4. The van der Waals surface area contributed by atoms with Crippen molar-refractivity contribution in [2.75, 3.05) is 39.4 Å². The molecule has 0 bridgehead atoms. The van der Waals surface area contributed by atoms with Crippen molar-refractivity contribution < 1.29 is 9.84 Å². The zero-order valence-corrected chi connectivity index (χ0v) is 9.20. The standard InChI is InChI=1S/C10H22N2O2/c1-3-12(4-2)6-5-11-9-7-14-8-10(9)13/h9-11,13H,3-8H2,1-2H3. The van der Waals surface area contributed by atoms with Gasteiger partial charge in [-0.25, -0.2) is 0 Å². The van der Waals surface area contributed by atoms with Crippen LogP contribution in [0.25, 0.3) is 0 Å². The van der Waals surface area contributed by atoms with E-state index in [-0.39, 0.29) is 12.1 Å². The smallest absolute Gasteiger partial charge is 0.0948 e. The first-order valence-electron chi connectivity index (χ1n) is 5.49. The van der Waals surface area contributed by atoms with Crippen LogP contribution in [0.4, 0.5) is 0 Å². The van der Waals surface area contributed by atoms with Gasteiger partial charge in [-0.3, -0.25) is 0 Å². The lowest BCUT2D eigenvalue weighted by Gasteiger charge is -2.20. The molecular formula is C10H22N2O2. The Morgan fingerprint density at radius 2 is 2.07 bits per heavy atom. The van der Waals surface area contributed by atoms with Gasteiger partial charge in [0.25, 0.3) is 0 Å². The summed E-state index contributed by atoms with van der Waals surface area (Å²) >= 11 is 0. The van der Waals surface area contributed by atoms with Gasteiger partial charge in [0.2, 0.25) is 0 Å². The molecule has 1 aliphatic rings. The fraction of sp³-hybridized carbons (Fsp3) is 1.00. The van der Waals surface area contributed by atoms with Crippen LogP contribution in [0.15, 0.2) is 0 Å². The summed E-state index contributed by atoms with van der Waals surface area (Å²) in [5.41, 5.74) is 0. The maximum atomic E-state index is 9.47. The molecule has 0 amide bonds. The molecule has 0 aromatic heterocycles. The van der Waals surface area contributed by atoms with E-state index in [9.17, 15) is 5.11 Å². The summed E-state index contributed by atoms with van der Waals surface area (Å²) in [5.74, 6) is 0. The highest BCUT2D eigenvalue weighted by molar-refractivity contribution is 4.80. The molecule has 84 valence electrons. The molecule has 1 fully saturated rings. The first-order valence-corrected chi connectivity index (χ1v) is 5.49. The van der Waals surface area contributed by atoms with Gasteiger partial charge in [0.05, 0.1) is 25.4 Å². The summed E-state index contributed by atoms with van der Waals surface area (Å²) in [4.78, 5) is 2.36.